The Kier molecular flexibility index (Phi) is 5.08. The first kappa shape index (κ1) is 16.1. The molecule has 0 radical (unpaired) electrons. The smallest absolute Gasteiger partial charge is 0.259 e. The van der Waals surface area contributed by atoms with Gasteiger partial charge in [0.2, 0.25) is 0 Å². The topological polar surface area (TPSA) is 29.5 Å². The number of nitrogens with zero attached hydrogens (tertiary/aromatic N) is 1. The summed E-state index contributed by atoms with van der Waals surface area (Å²) in [5.41, 5.74) is 1.13. The van der Waals surface area contributed by atoms with Crippen molar-refractivity contribution < 1.29 is 13.9 Å². The van der Waals surface area contributed by atoms with E-state index in [1.165, 1.54) is 12.1 Å². The van der Waals surface area contributed by atoms with Gasteiger partial charge in [-0.25, -0.2) is 4.39 Å². The van der Waals surface area contributed by atoms with Gasteiger partial charge in [0.15, 0.2) is 0 Å². The monoisotopic (exact) mass is 377 g/mol. The van der Waals surface area contributed by atoms with Crippen LogP contribution in [0.4, 0.5) is 10.1 Å². The summed E-state index contributed by atoms with van der Waals surface area (Å²) < 4.78 is 19.6. The number of anilines is 1. The SMILES string of the molecule is O=C(c1cc(F)ccc1Br)N(C[C@@H]1CCOC1)c1ccccc1. The highest BCUT2D eigenvalue weighted by atomic mass is 79.9. The van der Waals surface area contributed by atoms with Gasteiger partial charge in [0.05, 0.1) is 12.2 Å². The molecule has 1 atom stereocenters. The zero-order valence-corrected chi connectivity index (χ0v) is 14.1. The van der Waals surface area contributed by atoms with E-state index in [4.69, 9.17) is 4.74 Å². The van der Waals surface area contributed by atoms with Gasteiger partial charge in [0, 0.05) is 29.2 Å². The molecule has 1 saturated heterocycles. The summed E-state index contributed by atoms with van der Waals surface area (Å²) in [6, 6.07) is 13.6. The maximum atomic E-state index is 13.6. The van der Waals surface area contributed by atoms with E-state index >= 15 is 0 Å². The summed E-state index contributed by atoms with van der Waals surface area (Å²) in [5.74, 6) is -0.338. The fraction of sp³-hybridized carbons (Fsp3) is 0.278. The molecule has 0 aromatic heterocycles. The van der Waals surface area contributed by atoms with Gasteiger partial charge in [-0.1, -0.05) is 18.2 Å². The van der Waals surface area contributed by atoms with Crippen molar-refractivity contribution in [3.8, 4) is 0 Å². The molecule has 2 aromatic rings. The van der Waals surface area contributed by atoms with Crippen LogP contribution in [0.1, 0.15) is 16.8 Å². The van der Waals surface area contributed by atoms with Gasteiger partial charge < -0.3 is 9.64 Å². The quantitative estimate of drug-likeness (QED) is 0.795. The van der Waals surface area contributed by atoms with E-state index < -0.39 is 5.82 Å². The van der Waals surface area contributed by atoms with Crippen LogP contribution in [-0.2, 0) is 4.74 Å². The van der Waals surface area contributed by atoms with Crippen LogP contribution in [0.2, 0.25) is 0 Å². The number of carbonyl (C=O) groups excluding carboxylic acids is 1. The lowest BCUT2D eigenvalue weighted by Gasteiger charge is -2.26. The molecule has 1 fully saturated rings. The molecule has 0 unspecified atom stereocenters. The molecule has 0 saturated carbocycles. The van der Waals surface area contributed by atoms with Crippen LogP contribution in [-0.4, -0.2) is 25.7 Å². The van der Waals surface area contributed by atoms with E-state index in [9.17, 15) is 9.18 Å². The fourth-order valence-corrected chi connectivity index (χ4v) is 3.12. The number of benzene rings is 2. The summed E-state index contributed by atoms with van der Waals surface area (Å²) in [4.78, 5) is 14.7. The number of amides is 1. The normalized spacial score (nSPS) is 17.2. The molecule has 1 aliphatic rings. The van der Waals surface area contributed by atoms with Crippen LogP contribution in [0.25, 0.3) is 0 Å². The molecule has 0 N–H and O–H groups in total. The maximum absolute atomic E-state index is 13.6. The third kappa shape index (κ3) is 3.79. The number of hydrogen-bond donors (Lipinski definition) is 0. The van der Waals surface area contributed by atoms with E-state index in [1.54, 1.807) is 11.0 Å². The summed E-state index contributed by atoms with van der Waals surface area (Å²) in [6.07, 6.45) is 0.931. The lowest BCUT2D eigenvalue weighted by Crippen LogP contribution is -2.36. The lowest BCUT2D eigenvalue weighted by atomic mass is 10.1. The molecule has 0 bridgehead atoms. The Morgan fingerprint density at radius 3 is 2.74 bits per heavy atom. The molecule has 5 heteroatoms. The van der Waals surface area contributed by atoms with Crippen molar-refractivity contribution in [1.82, 2.24) is 0 Å². The number of halogens is 2. The highest BCUT2D eigenvalue weighted by Gasteiger charge is 2.25. The summed E-state index contributed by atoms with van der Waals surface area (Å²) in [7, 11) is 0. The third-order valence-corrected chi connectivity index (χ3v) is 4.63. The molecule has 120 valence electrons. The van der Waals surface area contributed by atoms with Crippen molar-refractivity contribution in [3.63, 3.8) is 0 Å². The van der Waals surface area contributed by atoms with Gasteiger partial charge in [0.25, 0.3) is 5.91 Å². The van der Waals surface area contributed by atoms with Crippen molar-refractivity contribution in [1.29, 1.82) is 0 Å². The Bertz CT molecular complexity index is 687. The highest BCUT2D eigenvalue weighted by molar-refractivity contribution is 9.10. The summed E-state index contributed by atoms with van der Waals surface area (Å²) in [6.45, 7) is 1.94. The molecule has 3 nitrogen and oxygen atoms in total. The number of rotatable bonds is 4. The van der Waals surface area contributed by atoms with Crippen LogP contribution >= 0.6 is 15.9 Å². The van der Waals surface area contributed by atoms with Crippen molar-refractivity contribution in [2.45, 2.75) is 6.42 Å². The first-order valence-electron chi connectivity index (χ1n) is 7.55. The standard InChI is InChI=1S/C18H17BrFNO2/c19-17-7-6-14(20)10-16(17)18(22)21(11-13-8-9-23-12-13)15-4-2-1-3-5-15/h1-7,10,13H,8-9,11-12H2/t13-/m0/s1. The zero-order chi connectivity index (χ0) is 16.2. The Balaban J connectivity index is 1.93. The Morgan fingerprint density at radius 2 is 2.04 bits per heavy atom. The second kappa shape index (κ2) is 7.23. The van der Waals surface area contributed by atoms with Gasteiger partial charge >= 0.3 is 0 Å². The minimum Gasteiger partial charge on any atom is -0.381 e. The average molecular weight is 378 g/mol. The molecule has 3 rings (SSSR count). The number of hydrogen-bond acceptors (Lipinski definition) is 2. The lowest BCUT2D eigenvalue weighted by molar-refractivity contribution is 0.0980. The molecular weight excluding hydrogens is 361 g/mol. The van der Waals surface area contributed by atoms with Crippen LogP contribution in [0, 0.1) is 11.7 Å². The summed E-state index contributed by atoms with van der Waals surface area (Å²) in [5, 5.41) is 0. The predicted octanol–water partition coefficient (Wildman–Crippen LogP) is 4.27. The molecular formula is C18H17BrFNO2. The molecule has 0 spiro atoms. The van der Waals surface area contributed by atoms with Crippen molar-refractivity contribution in [3.05, 3.63) is 64.4 Å². The second-order valence-electron chi connectivity index (χ2n) is 5.61. The Labute approximate surface area is 143 Å². The van der Waals surface area contributed by atoms with E-state index in [0.29, 0.717) is 29.1 Å². The molecule has 1 heterocycles. The van der Waals surface area contributed by atoms with Crippen LogP contribution in [0.3, 0.4) is 0 Å². The van der Waals surface area contributed by atoms with Crippen molar-refractivity contribution in [2.75, 3.05) is 24.7 Å². The van der Waals surface area contributed by atoms with Crippen LogP contribution < -0.4 is 4.90 Å². The van der Waals surface area contributed by atoms with Gasteiger partial charge in [-0.3, -0.25) is 4.79 Å². The minimum atomic E-state index is -0.422. The zero-order valence-electron chi connectivity index (χ0n) is 12.5. The second-order valence-corrected chi connectivity index (χ2v) is 6.46. The van der Waals surface area contributed by atoms with Crippen molar-refractivity contribution >= 4 is 27.5 Å². The van der Waals surface area contributed by atoms with Crippen LogP contribution in [0.15, 0.2) is 53.0 Å². The summed E-state index contributed by atoms with van der Waals surface area (Å²) >= 11 is 3.35. The van der Waals surface area contributed by atoms with Gasteiger partial charge in [-0.2, -0.15) is 0 Å². The molecule has 1 amide bonds. The van der Waals surface area contributed by atoms with E-state index in [2.05, 4.69) is 15.9 Å². The van der Waals surface area contributed by atoms with Crippen LogP contribution in [0.5, 0.6) is 0 Å². The van der Waals surface area contributed by atoms with E-state index in [0.717, 1.165) is 18.7 Å². The highest BCUT2D eigenvalue weighted by Crippen LogP contribution is 2.25. The van der Waals surface area contributed by atoms with Gasteiger partial charge in [-0.05, 0) is 52.7 Å². The average Bonchev–Trinajstić information content (AvgIpc) is 3.08. The van der Waals surface area contributed by atoms with Gasteiger partial charge in [-0.15, -0.1) is 0 Å². The predicted molar refractivity (Wildman–Crippen MR) is 91.1 cm³/mol. The molecule has 23 heavy (non-hydrogen) atoms. The Hall–Kier alpha value is -1.72. The number of para-hydroxylation sites is 1. The number of ether oxygens (including phenoxy) is 1. The maximum Gasteiger partial charge on any atom is 0.259 e. The Morgan fingerprint density at radius 1 is 1.26 bits per heavy atom. The van der Waals surface area contributed by atoms with Gasteiger partial charge in [0.1, 0.15) is 5.82 Å². The first-order valence-corrected chi connectivity index (χ1v) is 8.34. The largest absolute Gasteiger partial charge is 0.381 e. The number of carbonyl (C=O) groups is 1. The molecule has 1 aliphatic heterocycles. The molecule has 0 aliphatic carbocycles. The van der Waals surface area contributed by atoms with E-state index in [-0.39, 0.29) is 5.91 Å². The first-order chi connectivity index (χ1) is 11.1. The minimum absolute atomic E-state index is 0.213. The third-order valence-electron chi connectivity index (χ3n) is 3.94. The molecule has 2 aromatic carbocycles. The fourth-order valence-electron chi connectivity index (χ4n) is 2.71. The van der Waals surface area contributed by atoms with Crippen molar-refractivity contribution in [2.24, 2.45) is 5.92 Å². The van der Waals surface area contributed by atoms with E-state index in [1.807, 2.05) is 30.3 Å².